The van der Waals surface area contributed by atoms with Crippen molar-refractivity contribution in [1.29, 1.82) is 0 Å². The first-order valence-electron chi connectivity index (χ1n) is 5.07. The summed E-state index contributed by atoms with van der Waals surface area (Å²) in [5.74, 6) is 0.560. The van der Waals surface area contributed by atoms with Crippen molar-refractivity contribution in [2.45, 2.75) is 5.88 Å². The lowest BCUT2D eigenvalue weighted by Crippen LogP contribution is -1.89. The highest BCUT2D eigenvalue weighted by atomic mass is 35.5. The van der Waals surface area contributed by atoms with E-state index in [1.807, 2.05) is 0 Å². The van der Waals surface area contributed by atoms with Gasteiger partial charge in [0.05, 0.1) is 11.2 Å². The SMILES string of the molecule is ClCc1ccc2ccn(-c3ccsc3)c2c1. The van der Waals surface area contributed by atoms with Crippen LogP contribution in [0.1, 0.15) is 5.56 Å². The first-order chi connectivity index (χ1) is 7.88. The molecular weight excluding hydrogens is 238 g/mol. The molecule has 0 N–H and O–H groups in total. The fourth-order valence-electron chi connectivity index (χ4n) is 1.88. The van der Waals surface area contributed by atoms with Crippen LogP contribution in [0.4, 0.5) is 0 Å². The van der Waals surface area contributed by atoms with Crippen molar-refractivity contribution in [3.8, 4) is 5.69 Å². The first kappa shape index (κ1) is 9.94. The summed E-state index contributed by atoms with van der Waals surface area (Å²) in [6.07, 6.45) is 2.10. The Morgan fingerprint density at radius 3 is 2.88 bits per heavy atom. The van der Waals surface area contributed by atoms with Crippen LogP contribution >= 0.6 is 22.9 Å². The number of halogens is 1. The molecule has 0 amide bonds. The van der Waals surface area contributed by atoms with Gasteiger partial charge in [-0.15, -0.1) is 11.6 Å². The molecule has 0 saturated carbocycles. The van der Waals surface area contributed by atoms with E-state index in [1.165, 1.54) is 16.6 Å². The van der Waals surface area contributed by atoms with Gasteiger partial charge in [-0.3, -0.25) is 0 Å². The van der Waals surface area contributed by atoms with Gasteiger partial charge in [0, 0.05) is 17.5 Å². The zero-order valence-electron chi connectivity index (χ0n) is 8.56. The van der Waals surface area contributed by atoms with Crippen LogP contribution < -0.4 is 0 Å². The highest BCUT2D eigenvalue weighted by molar-refractivity contribution is 7.08. The molecule has 0 saturated heterocycles. The molecule has 0 spiro atoms. The van der Waals surface area contributed by atoms with Crippen molar-refractivity contribution in [3.63, 3.8) is 0 Å². The van der Waals surface area contributed by atoms with Crippen LogP contribution in [0.3, 0.4) is 0 Å². The molecule has 1 aromatic carbocycles. The predicted molar refractivity (Wildman–Crippen MR) is 70.7 cm³/mol. The highest BCUT2D eigenvalue weighted by Gasteiger charge is 2.04. The Hall–Kier alpha value is -1.25. The van der Waals surface area contributed by atoms with Crippen molar-refractivity contribution in [3.05, 3.63) is 52.9 Å². The monoisotopic (exact) mass is 247 g/mol. The van der Waals surface area contributed by atoms with E-state index >= 15 is 0 Å². The molecule has 0 unspecified atom stereocenters. The van der Waals surface area contributed by atoms with E-state index in [4.69, 9.17) is 11.6 Å². The number of fused-ring (bicyclic) bond motifs is 1. The summed E-state index contributed by atoms with van der Waals surface area (Å²) in [5.41, 5.74) is 3.59. The lowest BCUT2D eigenvalue weighted by Gasteiger charge is -2.03. The van der Waals surface area contributed by atoms with Crippen LogP contribution in [0, 0.1) is 0 Å². The minimum Gasteiger partial charge on any atom is -0.316 e. The van der Waals surface area contributed by atoms with Gasteiger partial charge in [0.2, 0.25) is 0 Å². The van der Waals surface area contributed by atoms with Crippen molar-refractivity contribution >= 4 is 33.8 Å². The van der Waals surface area contributed by atoms with Gasteiger partial charge >= 0.3 is 0 Å². The molecule has 0 radical (unpaired) electrons. The maximum absolute atomic E-state index is 5.86. The van der Waals surface area contributed by atoms with Crippen LogP contribution in [0.25, 0.3) is 16.6 Å². The molecule has 0 bridgehead atoms. The van der Waals surface area contributed by atoms with Gasteiger partial charge in [-0.2, -0.15) is 11.3 Å². The summed E-state index contributed by atoms with van der Waals surface area (Å²) in [5, 5.41) is 5.49. The molecule has 2 heterocycles. The van der Waals surface area contributed by atoms with Gasteiger partial charge in [-0.05, 0) is 34.5 Å². The Morgan fingerprint density at radius 2 is 2.12 bits per heavy atom. The second-order valence-corrected chi connectivity index (χ2v) is 4.74. The molecule has 0 aliphatic heterocycles. The van der Waals surface area contributed by atoms with Crippen LogP contribution in [-0.2, 0) is 5.88 Å². The average molecular weight is 248 g/mol. The fourth-order valence-corrected chi connectivity index (χ4v) is 2.67. The Balaban J connectivity index is 2.25. The first-order valence-corrected chi connectivity index (χ1v) is 6.55. The Kier molecular flexibility index (Phi) is 2.46. The van der Waals surface area contributed by atoms with Gasteiger partial charge in [0.1, 0.15) is 0 Å². The number of rotatable bonds is 2. The molecule has 16 heavy (non-hydrogen) atoms. The number of aromatic nitrogens is 1. The second kappa shape index (κ2) is 3.96. The molecule has 0 atom stereocenters. The zero-order valence-corrected chi connectivity index (χ0v) is 10.1. The van der Waals surface area contributed by atoms with Gasteiger partial charge < -0.3 is 4.57 Å². The van der Waals surface area contributed by atoms with Crippen LogP contribution in [0.5, 0.6) is 0 Å². The molecule has 0 fully saturated rings. The zero-order chi connectivity index (χ0) is 11.0. The van der Waals surface area contributed by atoms with Gasteiger partial charge in [-0.1, -0.05) is 12.1 Å². The van der Waals surface area contributed by atoms with E-state index in [2.05, 4.69) is 51.9 Å². The van der Waals surface area contributed by atoms with Crippen molar-refractivity contribution in [1.82, 2.24) is 4.57 Å². The van der Waals surface area contributed by atoms with Crippen molar-refractivity contribution in [2.75, 3.05) is 0 Å². The normalized spacial score (nSPS) is 11.1. The van der Waals surface area contributed by atoms with Crippen LogP contribution in [0.2, 0.25) is 0 Å². The summed E-state index contributed by atoms with van der Waals surface area (Å²) in [6, 6.07) is 10.6. The third-order valence-electron chi connectivity index (χ3n) is 2.70. The third kappa shape index (κ3) is 1.55. The Labute approximate surface area is 103 Å². The van der Waals surface area contributed by atoms with Crippen LogP contribution in [0.15, 0.2) is 47.3 Å². The van der Waals surface area contributed by atoms with Gasteiger partial charge in [0.25, 0.3) is 0 Å². The maximum Gasteiger partial charge on any atom is 0.0562 e. The summed E-state index contributed by atoms with van der Waals surface area (Å²) >= 11 is 7.57. The summed E-state index contributed by atoms with van der Waals surface area (Å²) < 4.78 is 2.20. The van der Waals surface area contributed by atoms with E-state index in [-0.39, 0.29) is 0 Å². The molecule has 3 rings (SSSR count). The predicted octanol–water partition coefficient (Wildman–Crippen LogP) is 4.43. The number of hydrogen-bond donors (Lipinski definition) is 0. The van der Waals surface area contributed by atoms with Gasteiger partial charge in [0.15, 0.2) is 0 Å². The number of alkyl halides is 1. The maximum atomic E-state index is 5.86. The lowest BCUT2D eigenvalue weighted by molar-refractivity contribution is 1.14. The van der Waals surface area contributed by atoms with E-state index in [9.17, 15) is 0 Å². The standard InChI is InChI=1S/C13H10ClNS/c14-8-10-1-2-11-3-5-15(13(11)7-10)12-4-6-16-9-12/h1-7,9H,8H2. The molecule has 0 aliphatic rings. The largest absolute Gasteiger partial charge is 0.316 e. The van der Waals surface area contributed by atoms with E-state index < -0.39 is 0 Å². The summed E-state index contributed by atoms with van der Waals surface area (Å²) in [7, 11) is 0. The second-order valence-electron chi connectivity index (χ2n) is 3.69. The molecule has 1 nitrogen and oxygen atoms in total. The van der Waals surface area contributed by atoms with E-state index in [1.54, 1.807) is 11.3 Å². The summed E-state index contributed by atoms with van der Waals surface area (Å²) in [4.78, 5) is 0. The molecule has 0 aliphatic carbocycles. The van der Waals surface area contributed by atoms with E-state index in [0.29, 0.717) is 5.88 Å². The number of hydrogen-bond acceptors (Lipinski definition) is 1. The highest BCUT2D eigenvalue weighted by Crippen LogP contribution is 2.23. The lowest BCUT2D eigenvalue weighted by atomic mass is 10.2. The molecule has 3 aromatic rings. The average Bonchev–Trinajstić information content (AvgIpc) is 2.96. The minimum atomic E-state index is 0.560. The van der Waals surface area contributed by atoms with Gasteiger partial charge in [-0.25, -0.2) is 0 Å². The topological polar surface area (TPSA) is 4.93 Å². The van der Waals surface area contributed by atoms with Crippen molar-refractivity contribution in [2.24, 2.45) is 0 Å². The number of benzene rings is 1. The smallest absolute Gasteiger partial charge is 0.0562 e. The molecular formula is C13H10ClNS. The quantitative estimate of drug-likeness (QED) is 0.591. The molecule has 3 heteroatoms. The number of nitrogens with zero attached hydrogens (tertiary/aromatic N) is 1. The van der Waals surface area contributed by atoms with Crippen molar-refractivity contribution < 1.29 is 0 Å². The molecule has 2 aromatic heterocycles. The Bertz CT molecular complexity index is 610. The number of thiophene rings is 1. The minimum absolute atomic E-state index is 0.560. The Morgan fingerprint density at radius 1 is 1.19 bits per heavy atom. The molecule has 80 valence electrons. The van der Waals surface area contributed by atoms with E-state index in [0.717, 1.165) is 5.56 Å². The fraction of sp³-hybridized carbons (Fsp3) is 0.0769. The third-order valence-corrected chi connectivity index (χ3v) is 3.68. The summed E-state index contributed by atoms with van der Waals surface area (Å²) in [6.45, 7) is 0. The van der Waals surface area contributed by atoms with Crippen LogP contribution in [-0.4, -0.2) is 4.57 Å².